The molecule has 2 heterocycles. The van der Waals surface area contributed by atoms with Crippen molar-refractivity contribution in [3.8, 4) is 0 Å². The molecule has 2 aromatic heterocycles. The second kappa shape index (κ2) is 4.23. The first kappa shape index (κ1) is 10.5. The molecule has 0 spiro atoms. The van der Waals surface area contributed by atoms with Crippen LogP contribution in [0.5, 0.6) is 0 Å². The van der Waals surface area contributed by atoms with Crippen molar-refractivity contribution in [2.24, 2.45) is 5.92 Å². The third-order valence-corrected chi connectivity index (χ3v) is 3.66. The van der Waals surface area contributed by atoms with E-state index in [9.17, 15) is 0 Å². The predicted molar refractivity (Wildman–Crippen MR) is 63.1 cm³/mol. The fourth-order valence-corrected chi connectivity index (χ4v) is 2.31. The number of fused-ring (bicyclic) bond motifs is 1. The molecule has 0 aliphatic carbocycles. The van der Waals surface area contributed by atoms with E-state index in [1.807, 2.05) is 12.4 Å². The molecule has 0 saturated heterocycles. The van der Waals surface area contributed by atoms with Gasteiger partial charge in [0.1, 0.15) is 5.52 Å². The average molecular weight is 221 g/mol. The molecule has 0 radical (unpaired) electrons. The van der Waals surface area contributed by atoms with Gasteiger partial charge in [-0.25, -0.2) is 4.98 Å². The number of hydrogen-bond acceptors (Lipinski definition) is 4. The quantitative estimate of drug-likeness (QED) is 0.799. The minimum absolute atomic E-state index is 0.645. The molecule has 0 aromatic carbocycles. The van der Waals surface area contributed by atoms with Gasteiger partial charge in [0.15, 0.2) is 0 Å². The molecule has 15 heavy (non-hydrogen) atoms. The van der Waals surface area contributed by atoms with E-state index in [0.29, 0.717) is 5.92 Å². The van der Waals surface area contributed by atoms with Crippen molar-refractivity contribution in [2.45, 2.75) is 33.6 Å². The van der Waals surface area contributed by atoms with Gasteiger partial charge in [-0.1, -0.05) is 20.3 Å². The Labute approximate surface area is 93.6 Å². The molecule has 0 saturated carbocycles. The lowest BCUT2D eigenvalue weighted by atomic mass is 10.0. The minimum atomic E-state index is 0.645. The van der Waals surface area contributed by atoms with Gasteiger partial charge in [0.25, 0.3) is 0 Å². The molecule has 2 aromatic rings. The predicted octanol–water partition coefficient (Wildman–Crippen LogP) is 2.98. The second-order valence-electron chi connectivity index (χ2n) is 3.98. The molecule has 0 bridgehead atoms. The molecule has 3 nitrogen and oxygen atoms in total. The summed E-state index contributed by atoms with van der Waals surface area (Å²) in [5, 5.41) is 8.45. The summed E-state index contributed by atoms with van der Waals surface area (Å²) < 4.78 is 1.18. The number of thiazole rings is 1. The van der Waals surface area contributed by atoms with E-state index >= 15 is 0 Å². The van der Waals surface area contributed by atoms with Gasteiger partial charge in [0, 0.05) is 0 Å². The monoisotopic (exact) mass is 221 g/mol. The third-order valence-electron chi connectivity index (χ3n) is 2.73. The van der Waals surface area contributed by atoms with Crippen LogP contribution in [-0.2, 0) is 6.42 Å². The van der Waals surface area contributed by atoms with Crippen LogP contribution in [0.15, 0.2) is 5.51 Å². The zero-order valence-corrected chi connectivity index (χ0v) is 10.1. The highest BCUT2D eigenvalue weighted by Crippen LogP contribution is 2.23. The second-order valence-corrected chi connectivity index (χ2v) is 4.83. The third kappa shape index (κ3) is 2.00. The Balaban J connectivity index is 2.43. The van der Waals surface area contributed by atoms with Crippen LogP contribution in [0.3, 0.4) is 0 Å². The summed E-state index contributed by atoms with van der Waals surface area (Å²) in [5.74, 6) is 0.645. The number of rotatable bonds is 3. The SMILES string of the molecule is CCC(C)Cc1nnc(C)c2scnc12. The fourth-order valence-electron chi connectivity index (χ4n) is 1.55. The maximum Gasteiger partial charge on any atom is 0.106 e. The topological polar surface area (TPSA) is 38.7 Å². The molecule has 2 rings (SSSR count). The summed E-state index contributed by atoms with van der Waals surface area (Å²) in [4.78, 5) is 4.38. The van der Waals surface area contributed by atoms with E-state index in [-0.39, 0.29) is 0 Å². The van der Waals surface area contributed by atoms with Crippen molar-refractivity contribution in [3.63, 3.8) is 0 Å². The van der Waals surface area contributed by atoms with Crippen LogP contribution in [0.2, 0.25) is 0 Å². The zero-order valence-electron chi connectivity index (χ0n) is 9.32. The summed E-state index contributed by atoms with van der Waals surface area (Å²) in [7, 11) is 0. The van der Waals surface area contributed by atoms with Crippen LogP contribution in [0.25, 0.3) is 10.2 Å². The van der Waals surface area contributed by atoms with Crippen molar-refractivity contribution in [1.82, 2.24) is 15.2 Å². The number of hydrogen-bond donors (Lipinski definition) is 0. The van der Waals surface area contributed by atoms with Crippen LogP contribution in [0.1, 0.15) is 31.7 Å². The van der Waals surface area contributed by atoms with Crippen molar-refractivity contribution < 1.29 is 0 Å². The Morgan fingerprint density at radius 2 is 2.20 bits per heavy atom. The molecular formula is C11H15N3S. The lowest BCUT2D eigenvalue weighted by Crippen LogP contribution is -2.03. The maximum absolute atomic E-state index is 4.38. The van der Waals surface area contributed by atoms with Gasteiger partial charge in [-0.2, -0.15) is 10.2 Å². The molecule has 4 heteroatoms. The lowest BCUT2D eigenvalue weighted by molar-refractivity contribution is 0.551. The molecule has 0 N–H and O–H groups in total. The van der Waals surface area contributed by atoms with Crippen molar-refractivity contribution in [1.29, 1.82) is 0 Å². The van der Waals surface area contributed by atoms with Crippen LogP contribution >= 0.6 is 11.3 Å². The first-order chi connectivity index (χ1) is 7.22. The van der Waals surface area contributed by atoms with Crippen LogP contribution < -0.4 is 0 Å². The van der Waals surface area contributed by atoms with Crippen LogP contribution in [0.4, 0.5) is 0 Å². The molecule has 1 atom stereocenters. The Morgan fingerprint density at radius 3 is 2.93 bits per heavy atom. The lowest BCUT2D eigenvalue weighted by Gasteiger charge is -2.07. The summed E-state index contributed by atoms with van der Waals surface area (Å²) in [6.45, 7) is 6.42. The van der Waals surface area contributed by atoms with E-state index in [1.165, 1.54) is 11.1 Å². The van der Waals surface area contributed by atoms with Gasteiger partial charge >= 0.3 is 0 Å². The van der Waals surface area contributed by atoms with Gasteiger partial charge in [-0.05, 0) is 19.3 Å². The Bertz CT molecular complexity index is 464. The molecule has 1 unspecified atom stereocenters. The Morgan fingerprint density at radius 1 is 1.40 bits per heavy atom. The smallest absolute Gasteiger partial charge is 0.106 e. The molecule has 0 fully saturated rings. The van der Waals surface area contributed by atoms with Gasteiger partial charge in [-0.15, -0.1) is 11.3 Å². The van der Waals surface area contributed by atoms with Crippen molar-refractivity contribution in [2.75, 3.05) is 0 Å². The molecular weight excluding hydrogens is 206 g/mol. The van der Waals surface area contributed by atoms with Gasteiger partial charge < -0.3 is 0 Å². The number of aryl methyl sites for hydroxylation is 1. The number of aromatic nitrogens is 3. The highest BCUT2D eigenvalue weighted by atomic mass is 32.1. The van der Waals surface area contributed by atoms with Crippen molar-refractivity contribution >= 4 is 21.6 Å². The molecule has 0 amide bonds. The first-order valence-corrected chi connectivity index (χ1v) is 6.15. The highest BCUT2D eigenvalue weighted by Gasteiger charge is 2.11. The van der Waals surface area contributed by atoms with E-state index in [0.717, 1.165) is 23.3 Å². The summed E-state index contributed by atoms with van der Waals surface area (Å²) >= 11 is 1.65. The van der Waals surface area contributed by atoms with Crippen LogP contribution in [-0.4, -0.2) is 15.2 Å². The molecule has 80 valence electrons. The number of nitrogens with zero attached hydrogens (tertiary/aromatic N) is 3. The van der Waals surface area contributed by atoms with Gasteiger partial charge in [-0.3, -0.25) is 0 Å². The van der Waals surface area contributed by atoms with E-state index in [4.69, 9.17) is 0 Å². The van der Waals surface area contributed by atoms with E-state index in [1.54, 1.807) is 11.3 Å². The minimum Gasteiger partial charge on any atom is -0.243 e. The Kier molecular flexibility index (Phi) is 2.95. The average Bonchev–Trinajstić information content (AvgIpc) is 2.71. The standard InChI is InChI=1S/C11H15N3S/c1-4-7(2)5-9-10-11(15-6-12-10)8(3)13-14-9/h6-7H,4-5H2,1-3H3. The first-order valence-electron chi connectivity index (χ1n) is 5.27. The van der Waals surface area contributed by atoms with E-state index < -0.39 is 0 Å². The zero-order chi connectivity index (χ0) is 10.8. The highest BCUT2D eigenvalue weighted by molar-refractivity contribution is 7.16. The fraction of sp³-hybridized carbons (Fsp3) is 0.545. The van der Waals surface area contributed by atoms with E-state index in [2.05, 4.69) is 29.0 Å². The van der Waals surface area contributed by atoms with Crippen molar-refractivity contribution in [3.05, 3.63) is 16.9 Å². The summed E-state index contributed by atoms with van der Waals surface area (Å²) in [5.41, 5.74) is 4.96. The normalized spacial score (nSPS) is 13.3. The largest absolute Gasteiger partial charge is 0.243 e. The Hall–Kier alpha value is -1.03. The van der Waals surface area contributed by atoms with Crippen LogP contribution in [0, 0.1) is 12.8 Å². The maximum atomic E-state index is 4.38. The molecule has 0 aliphatic heterocycles. The summed E-state index contributed by atoms with van der Waals surface area (Å²) in [6, 6.07) is 0. The van der Waals surface area contributed by atoms with Gasteiger partial charge in [0.2, 0.25) is 0 Å². The summed E-state index contributed by atoms with van der Waals surface area (Å²) in [6.07, 6.45) is 2.14. The molecule has 0 aliphatic rings. The van der Waals surface area contributed by atoms with Gasteiger partial charge in [0.05, 0.1) is 21.6 Å².